The molecule has 25 heavy (non-hydrogen) atoms. The molecule has 130 valence electrons. The van der Waals surface area contributed by atoms with Crippen LogP contribution in [0.5, 0.6) is 0 Å². The molecule has 1 saturated heterocycles. The Kier molecular flexibility index (Phi) is 5.76. The number of carbonyl (C=O) groups is 2. The predicted molar refractivity (Wildman–Crippen MR) is 104 cm³/mol. The zero-order chi connectivity index (χ0) is 17.6. The van der Waals surface area contributed by atoms with Gasteiger partial charge in [-0.05, 0) is 43.2 Å². The van der Waals surface area contributed by atoms with Gasteiger partial charge in [-0.3, -0.25) is 9.59 Å². The van der Waals surface area contributed by atoms with Crippen molar-refractivity contribution in [1.29, 1.82) is 0 Å². The van der Waals surface area contributed by atoms with E-state index in [1.807, 2.05) is 49.4 Å². The number of hydrogen-bond acceptors (Lipinski definition) is 3. The molecule has 1 heterocycles. The minimum absolute atomic E-state index is 0.00840. The SMILES string of the molecule is C[C@@H](SCc1ccccc1)C(=O)Nc1ccc(N2CCCC2=O)cc1. The van der Waals surface area contributed by atoms with Crippen LogP contribution in [-0.4, -0.2) is 23.6 Å². The molecule has 0 aliphatic carbocycles. The first-order valence-corrected chi connectivity index (χ1v) is 9.55. The molecule has 0 spiro atoms. The van der Waals surface area contributed by atoms with E-state index in [4.69, 9.17) is 0 Å². The van der Waals surface area contributed by atoms with Gasteiger partial charge in [-0.2, -0.15) is 0 Å². The average Bonchev–Trinajstić information content (AvgIpc) is 3.07. The summed E-state index contributed by atoms with van der Waals surface area (Å²) in [5.41, 5.74) is 2.87. The van der Waals surface area contributed by atoms with E-state index < -0.39 is 0 Å². The second-order valence-electron chi connectivity index (χ2n) is 6.12. The summed E-state index contributed by atoms with van der Waals surface area (Å²) in [6, 6.07) is 17.6. The van der Waals surface area contributed by atoms with Gasteiger partial charge in [-0.25, -0.2) is 0 Å². The topological polar surface area (TPSA) is 49.4 Å². The molecule has 0 radical (unpaired) electrons. The summed E-state index contributed by atoms with van der Waals surface area (Å²) in [5, 5.41) is 2.80. The number of carbonyl (C=O) groups excluding carboxylic acids is 2. The van der Waals surface area contributed by atoms with E-state index in [0.717, 1.165) is 30.1 Å². The Labute approximate surface area is 152 Å². The van der Waals surface area contributed by atoms with Gasteiger partial charge in [0.1, 0.15) is 0 Å². The van der Waals surface area contributed by atoms with E-state index in [2.05, 4.69) is 17.4 Å². The van der Waals surface area contributed by atoms with Crippen molar-refractivity contribution in [2.45, 2.75) is 30.8 Å². The first kappa shape index (κ1) is 17.5. The molecule has 5 heteroatoms. The Balaban J connectivity index is 1.52. The van der Waals surface area contributed by atoms with Gasteiger partial charge in [-0.1, -0.05) is 30.3 Å². The van der Waals surface area contributed by atoms with Crippen molar-refractivity contribution in [2.24, 2.45) is 0 Å². The summed E-state index contributed by atoms with van der Waals surface area (Å²) in [4.78, 5) is 25.9. The predicted octanol–water partition coefficient (Wildman–Crippen LogP) is 4.07. The summed E-state index contributed by atoms with van der Waals surface area (Å²) in [6.45, 7) is 2.69. The summed E-state index contributed by atoms with van der Waals surface area (Å²) in [5.74, 6) is 0.972. The van der Waals surface area contributed by atoms with Gasteiger partial charge in [0.05, 0.1) is 5.25 Å². The lowest BCUT2D eigenvalue weighted by molar-refractivity contribution is -0.117. The lowest BCUT2D eigenvalue weighted by Crippen LogP contribution is -2.24. The largest absolute Gasteiger partial charge is 0.325 e. The molecule has 1 aliphatic heterocycles. The highest BCUT2D eigenvalue weighted by Crippen LogP contribution is 2.24. The Morgan fingerprint density at radius 3 is 2.52 bits per heavy atom. The molecule has 2 aromatic carbocycles. The van der Waals surface area contributed by atoms with Gasteiger partial charge >= 0.3 is 0 Å². The van der Waals surface area contributed by atoms with Gasteiger partial charge in [0.25, 0.3) is 0 Å². The minimum Gasteiger partial charge on any atom is -0.325 e. The lowest BCUT2D eigenvalue weighted by atomic mass is 10.2. The van der Waals surface area contributed by atoms with Gasteiger partial charge < -0.3 is 10.2 Å². The van der Waals surface area contributed by atoms with Crippen LogP contribution < -0.4 is 10.2 Å². The molecule has 2 aromatic rings. The number of anilines is 2. The van der Waals surface area contributed by atoms with E-state index in [1.54, 1.807) is 16.7 Å². The number of hydrogen-bond donors (Lipinski definition) is 1. The molecule has 1 N–H and O–H groups in total. The first-order valence-electron chi connectivity index (χ1n) is 8.50. The number of nitrogens with one attached hydrogen (secondary N) is 1. The minimum atomic E-state index is -0.139. The molecular formula is C20H22N2O2S. The summed E-state index contributed by atoms with van der Waals surface area (Å²) < 4.78 is 0. The maximum atomic E-state index is 12.3. The molecule has 2 amide bonds. The number of rotatable bonds is 6. The standard InChI is InChI=1S/C20H22N2O2S/c1-15(25-14-16-6-3-2-4-7-16)20(24)21-17-9-11-18(12-10-17)22-13-5-8-19(22)23/h2-4,6-7,9-12,15H,5,8,13-14H2,1H3,(H,21,24)/t15-/m1/s1. The van der Waals surface area contributed by atoms with Gasteiger partial charge in [-0.15, -0.1) is 11.8 Å². The third-order valence-corrected chi connectivity index (χ3v) is 5.45. The van der Waals surface area contributed by atoms with Crippen molar-refractivity contribution in [3.8, 4) is 0 Å². The van der Waals surface area contributed by atoms with Crippen LogP contribution in [0.4, 0.5) is 11.4 Å². The van der Waals surface area contributed by atoms with Crippen LogP contribution in [0.15, 0.2) is 54.6 Å². The van der Waals surface area contributed by atoms with E-state index in [1.165, 1.54) is 5.56 Å². The Morgan fingerprint density at radius 2 is 1.88 bits per heavy atom. The molecule has 4 nitrogen and oxygen atoms in total. The van der Waals surface area contributed by atoms with E-state index in [9.17, 15) is 9.59 Å². The fraction of sp³-hybridized carbons (Fsp3) is 0.300. The Bertz CT molecular complexity index is 731. The van der Waals surface area contributed by atoms with Crippen molar-refractivity contribution in [3.05, 3.63) is 60.2 Å². The summed E-state index contributed by atoms with van der Waals surface area (Å²) >= 11 is 1.62. The van der Waals surface area contributed by atoms with Crippen LogP contribution in [0.3, 0.4) is 0 Å². The molecule has 3 rings (SSSR count). The highest BCUT2D eigenvalue weighted by molar-refractivity contribution is 7.99. The van der Waals surface area contributed by atoms with Crippen LogP contribution in [0.1, 0.15) is 25.3 Å². The Hall–Kier alpha value is -2.27. The van der Waals surface area contributed by atoms with E-state index in [0.29, 0.717) is 6.42 Å². The zero-order valence-electron chi connectivity index (χ0n) is 14.3. The maximum Gasteiger partial charge on any atom is 0.237 e. The van der Waals surface area contributed by atoms with Crippen molar-refractivity contribution in [2.75, 3.05) is 16.8 Å². The summed E-state index contributed by atoms with van der Waals surface area (Å²) in [6.07, 6.45) is 1.53. The highest BCUT2D eigenvalue weighted by atomic mass is 32.2. The van der Waals surface area contributed by atoms with Crippen LogP contribution in [0, 0.1) is 0 Å². The Morgan fingerprint density at radius 1 is 1.16 bits per heavy atom. The van der Waals surface area contributed by atoms with Crippen LogP contribution in [0.25, 0.3) is 0 Å². The van der Waals surface area contributed by atoms with Gasteiger partial charge in [0, 0.05) is 30.1 Å². The van der Waals surface area contributed by atoms with E-state index >= 15 is 0 Å². The summed E-state index contributed by atoms with van der Waals surface area (Å²) in [7, 11) is 0. The molecular weight excluding hydrogens is 332 g/mol. The first-order chi connectivity index (χ1) is 12.1. The average molecular weight is 354 g/mol. The van der Waals surface area contributed by atoms with E-state index in [-0.39, 0.29) is 17.1 Å². The fourth-order valence-corrected chi connectivity index (χ4v) is 3.61. The highest BCUT2D eigenvalue weighted by Gasteiger charge is 2.21. The smallest absolute Gasteiger partial charge is 0.237 e. The number of thioether (sulfide) groups is 1. The zero-order valence-corrected chi connectivity index (χ0v) is 15.1. The molecule has 1 aliphatic rings. The van der Waals surface area contributed by atoms with Crippen LogP contribution >= 0.6 is 11.8 Å². The lowest BCUT2D eigenvalue weighted by Gasteiger charge is -2.16. The number of amides is 2. The molecule has 0 saturated carbocycles. The normalized spacial score (nSPS) is 15.2. The van der Waals surface area contributed by atoms with Crippen molar-refractivity contribution in [1.82, 2.24) is 0 Å². The second kappa shape index (κ2) is 8.21. The van der Waals surface area contributed by atoms with Crippen molar-refractivity contribution >= 4 is 35.0 Å². The van der Waals surface area contributed by atoms with Gasteiger partial charge in [0.2, 0.25) is 11.8 Å². The number of benzene rings is 2. The molecule has 0 unspecified atom stereocenters. The number of nitrogens with zero attached hydrogens (tertiary/aromatic N) is 1. The van der Waals surface area contributed by atoms with Crippen LogP contribution in [0.2, 0.25) is 0 Å². The fourth-order valence-electron chi connectivity index (χ4n) is 2.76. The molecule has 0 bridgehead atoms. The van der Waals surface area contributed by atoms with Crippen molar-refractivity contribution in [3.63, 3.8) is 0 Å². The van der Waals surface area contributed by atoms with Crippen molar-refractivity contribution < 1.29 is 9.59 Å². The quantitative estimate of drug-likeness (QED) is 0.850. The third-order valence-electron chi connectivity index (χ3n) is 4.23. The molecule has 1 fully saturated rings. The second-order valence-corrected chi connectivity index (χ2v) is 7.45. The molecule has 0 aromatic heterocycles. The van der Waals surface area contributed by atoms with Gasteiger partial charge in [0.15, 0.2) is 0 Å². The third kappa shape index (κ3) is 4.63. The molecule has 1 atom stereocenters. The monoisotopic (exact) mass is 354 g/mol. The maximum absolute atomic E-state index is 12.3. The van der Waals surface area contributed by atoms with Crippen LogP contribution in [-0.2, 0) is 15.3 Å².